The number of nitrogens with one attached hydrogen (secondary N) is 1. The molecule has 29 heavy (non-hydrogen) atoms. The van der Waals surface area contributed by atoms with E-state index in [1.807, 2.05) is 13.8 Å². The van der Waals surface area contributed by atoms with Crippen molar-refractivity contribution in [1.29, 1.82) is 0 Å². The highest BCUT2D eigenvalue weighted by Crippen LogP contribution is 2.49. The average Bonchev–Trinajstić information content (AvgIpc) is 3.45. The molecule has 1 aliphatic carbocycles. The summed E-state index contributed by atoms with van der Waals surface area (Å²) in [6.07, 6.45) is 2.40. The maximum absolute atomic E-state index is 15.7. The highest BCUT2D eigenvalue weighted by Gasteiger charge is 2.41. The number of nitrogens with two attached hydrogens (primary N) is 1. The number of halogens is 2. The van der Waals surface area contributed by atoms with Crippen molar-refractivity contribution in [2.75, 3.05) is 28.6 Å². The summed E-state index contributed by atoms with van der Waals surface area (Å²) in [6, 6.07) is -0.229. The van der Waals surface area contributed by atoms with Gasteiger partial charge in [-0.25, -0.2) is 18.4 Å². The molecule has 4 N–H and O–H groups in total. The minimum atomic E-state index is -1.52. The molecule has 0 bridgehead atoms. The van der Waals surface area contributed by atoms with Crippen LogP contribution < -0.4 is 25.6 Å². The molecule has 8 nitrogen and oxygen atoms in total. The summed E-state index contributed by atoms with van der Waals surface area (Å²) in [5.74, 6) is -5.16. The van der Waals surface area contributed by atoms with Gasteiger partial charge in [0.15, 0.2) is 23.0 Å². The van der Waals surface area contributed by atoms with E-state index in [0.29, 0.717) is 25.9 Å². The van der Waals surface area contributed by atoms with E-state index in [0.717, 1.165) is 6.20 Å². The molecule has 2 aliphatic heterocycles. The summed E-state index contributed by atoms with van der Waals surface area (Å²) in [5.41, 5.74) is 4.24. The lowest BCUT2D eigenvalue weighted by Gasteiger charge is -2.38. The van der Waals surface area contributed by atoms with Crippen molar-refractivity contribution in [2.45, 2.75) is 44.8 Å². The van der Waals surface area contributed by atoms with E-state index in [2.05, 4.69) is 5.32 Å². The second kappa shape index (κ2) is 6.87. The van der Waals surface area contributed by atoms with E-state index in [1.165, 1.54) is 4.90 Å². The summed E-state index contributed by atoms with van der Waals surface area (Å²) in [6.45, 7) is 4.53. The van der Waals surface area contributed by atoms with Gasteiger partial charge < -0.3 is 30.7 Å². The zero-order valence-electron chi connectivity index (χ0n) is 16.0. The Morgan fingerprint density at radius 3 is 2.38 bits per heavy atom. The molecule has 1 aromatic rings. The average molecular weight is 408 g/mol. The molecule has 0 aromatic heterocycles. The zero-order chi connectivity index (χ0) is 21.0. The Morgan fingerprint density at radius 2 is 1.83 bits per heavy atom. The number of benzene rings is 1. The minimum Gasteiger partial charge on any atom is -0.477 e. The molecular formula is C19H22F2N4O4. The van der Waals surface area contributed by atoms with Gasteiger partial charge in [-0.2, -0.15) is 0 Å². The van der Waals surface area contributed by atoms with Crippen LogP contribution in [-0.4, -0.2) is 48.3 Å². The molecule has 4 rings (SSSR count). The van der Waals surface area contributed by atoms with Gasteiger partial charge in [0.25, 0.3) is 0 Å². The molecule has 0 unspecified atom stereocenters. The van der Waals surface area contributed by atoms with Gasteiger partial charge in [0, 0.05) is 37.4 Å². The first-order valence-corrected chi connectivity index (χ1v) is 9.46. The Hall–Kier alpha value is -2.88. The third kappa shape index (κ3) is 3.27. The van der Waals surface area contributed by atoms with Gasteiger partial charge in [-0.3, -0.25) is 0 Å². The van der Waals surface area contributed by atoms with Crippen molar-refractivity contribution in [3.05, 3.63) is 23.4 Å². The Morgan fingerprint density at radius 1 is 1.21 bits per heavy atom. The van der Waals surface area contributed by atoms with Crippen LogP contribution in [0.2, 0.25) is 0 Å². The molecule has 1 saturated heterocycles. The molecule has 2 atom stereocenters. The van der Waals surface area contributed by atoms with Crippen molar-refractivity contribution < 1.29 is 28.2 Å². The summed E-state index contributed by atoms with van der Waals surface area (Å²) >= 11 is 0. The molecule has 0 spiro atoms. The lowest BCUT2D eigenvalue weighted by Crippen LogP contribution is -2.54. The summed E-state index contributed by atoms with van der Waals surface area (Å²) < 4.78 is 36.0. The van der Waals surface area contributed by atoms with E-state index in [4.69, 9.17) is 10.5 Å². The number of ether oxygens (including phenoxy) is 1. The summed E-state index contributed by atoms with van der Waals surface area (Å²) in [7, 11) is 0. The van der Waals surface area contributed by atoms with Crippen LogP contribution in [0.15, 0.2) is 11.8 Å². The van der Waals surface area contributed by atoms with Crippen LogP contribution in [0.3, 0.4) is 0 Å². The maximum atomic E-state index is 15.7. The number of hydrogen-bond acceptors (Lipinski definition) is 7. The van der Waals surface area contributed by atoms with E-state index >= 15 is 8.78 Å². The molecule has 1 saturated carbocycles. The third-order valence-electron chi connectivity index (χ3n) is 5.31. The van der Waals surface area contributed by atoms with Gasteiger partial charge in [-0.15, -0.1) is 0 Å². The van der Waals surface area contributed by atoms with Crippen LogP contribution in [-0.2, 0) is 9.59 Å². The number of nitrogen functional groups attached to an aromatic ring is 1. The first-order chi connectivity index (χ1) is 13.7. The number of esters is 1. The summed E-state index contributed by atoms with van der Waals surface area (Å²) in [4.78, 5) is 26.6. The third-order valence-corrected chi connectivity index (χ3v) is 5.31. The first-order valence-electron chi connectivity index (χ1n) is 9.46. The van der Waals surface area contributed by atoms with Gasteiger partial charge in [0.2, 0.25) is 0 Å². The lowest BCUT2D eigenvalue weighted by atomic mass is 10.1. The number of nitrogens with zero attached hydrogens (tertiary/aromatic N) is 2. The van der Waals surface area contributed by atoms with E-state index in [-0.39, 0.29) is 29.5 Å². The highest BCUT2D eigenvalue weighted by atomic mass is 19.1. The fourth-order valence-corrected chi connectivity index (χ4v) is 3.97. The van der Waals surface area contributed by atoms with Crippen LogP contribution in [0.4, 0.5) is 25.8 Å². The van der Waals surface area contributed by atoms with Gasteiger partial charge >= 0.3 is 11.9 Å². The molecule has 10 heteroatoms. The normalized spacial score (nSPS) is 24.6. The fraction of sp³-hybridized carbons (Fsp3) is 0.474. The Bertz CT molecular complexity index is 922. The van der Waals surface area contributed by atoms with Gasteiger partial charge in [0.05, 0.1) is 0 Å². The number of anilines is 3. The predicted molar refractivity (Wildman–Crippen MR) is 102 cm³/mol. The molecular weight excluding hydrogens is 386 g/mol. The molecule has 0 amide bonds. The number of carbonyl (C=O) groups excluding carboxylic acids is 1. The predicted octanol–water partition coefficient (Wildman–Crippen LogP) is 1.59. The minimum absolute atomic E-state index is 0.00606. The smallest absolute Gasteiger partial charge is 0.352 e. The van der Waals surface area contributed by atoms with Crippen molar-refractivity contribution in [2.24, 2.45) is 0 Å². The number of carboxylic acid groups (broad SMARTS) is 1. The van der Waals surface area contributed by atoms with Crippen LogP contribution in [0.5, 0.6) is 5.75 Å². The molecule has 2 heterocycles. The monoisotopic (exact) mass is 408 g/mol. The molecule has 2 fully saturated rings. The van der Waals surface area contributed by atoms with Crippen molar-refractivity contribution in [3.8, 4) is 5.75 Å². The number of hydrogen-bond donors (Lipinski definition) is 3. The van der Waals surface area contributed by atoms with Crippen LogP contribution in [0.1, 0.15) is 26.7 Å². The second-order valence-electron chi connectivity index (χ2n) is 7.82. The number of fused-ring (bicyclic) bond motifs is 1. The SMILES string of the molecule is C[C@@H]1CN(c2c(F)c(N)c3c(c2F)N(C2CC2)C=C(C(=O)O)C(=O)O3)C[C@H](C)N1. The number of rotatable bonds is 3. The molecule has 1 aromatic carbocycles. The Balaban J connectivity index is 1.91. The van der Waals surface area contributed by atoms with E-state index in [1.54, 1.807) is 4.90 Å². The quantitative estimate of drug-likeness (QED) is 0.300. The highest BCUT2D eigenvalue weighted by molar-refractivity contribution is 6.15. The molecule has 0 radical (unpaired) electrons. The number of aliphatic carboxylic acids is 1. The standard InChI is InChI=1S/C19H22F2N4O4/c1-8-5-24(6-9(2)23-8)15-12(20)14(22)17-16(13(15)21)25(10-3-4-10)7-11(18(26)27)19(28)29-17/h7-10,23H,3-6,22H2,1-2H3,(H,26,27)/t8-,9+. The second-order valence-corrected chi connectivity index (χ2v) is 7.82. The summed E-state index contributed by atoms with van der Waals surface area (Å²) in [5, 5.41) is 12.6. The van der Waals surface area contributed by atoms with E-state index < -0.39 is 40.6 Å². The number of carboxylic acids is 1. The van der Waals surface area contributed by atoms with Crippen molar-refractivity contribution in [3.63, 3.8) is 0 Å². The van der Waals surface area contributed by atoms with Crippen molar-refractivity contribution in [1.82, 2.24) is 5.32 Å². The number of carbonyl (C=O) groups is 2. The van der Waals surface area contributed by atoms with Crippen LogP contribution >= 0.6 is 0 Å². The fourth-order valence-electron chi connectivity index (χ4n) is 3.97. The van der Waals surface area contributed by atoms with Gasteiger partial charge in [-0.1, -0.05) is 0 Å². The number of piperazine rings is 1. The Labute approximate surface area is 165 Å². The van der Waals surface area contributed by atoms with Crippen LogP contribution in [0, 0.1) is 11.6 Å². The molecule has 156 valence electrons. The maximum Gasteiger partial charge on any atom is 0.352 e. The van der Waals surface area contributed by atoms with Gasteiger partial charge in [-0.05, 0) is 26.7 Å². The van der Waals surface area contributed by atoms with Crippen LogP contribution in [0.25, 0.3) is 0 Å². The Kier molecular flexibility index (Phi) is 4.60. The molecule has 3 aliphatic rings. The van der Waals surface area contributed by atoms with Gasteiger partial charge in [0.1, 0.15) is 17.1 Å². The van der Waals surface area contributed by atoms with E-state index in [9.17, 15) is 14.7 Å². The zero-order valence-corrected chi connectivity index (χ0v) is 16.0. The lowest BCUT2D eigenvalue weighted by molar-refractivity contribution is -0.138. The topological polar surface area (TPSA) is 108 Å². The largest absolute Gasteiger partial charge is 0.477 e. The first kappa shape index (κ1) is 19.4. The van der Waals surface area contributed by atoms with Crippen molar-refractivity contribution >= 4 is 29.0 Å².